The number of benzene rings is 6. The van der Waals surface area contributed by atoms with Crippen molar-refractivity contribution in [1.82, 2.24) is 0 Å². The van der Waals surface area contributed by atoms with Gasteiger partial charge in [-0.1, -0.05) is 54.6 Å². The Hall–Kier alpha value is -5.65. The van der Waals surface area contributed by atoms with E-state index in [-0.39, 0.29) is 42.9 Å². The molecule has 0 atom stereocenters. The molecule has 2 amide bonds. The smallest absolute Gasteiger partial charge is 0.294 e. The van der Waals surface area contributed by atoms with Crippen LogP contribution in [-0.4, -0.2) is 46.2 Å². The Kier molecular flexibility index (Phi) is 8.89. The van der Waals surface area contributed by atoms with Crippen molar-refractivity contribution in [2.45, 2.75) is 14.7 Å². The van der Waals surface area contributed by atoms with Gasteiger partial charge in [-0.05, 0) is 77.5 Å². The zero-order valence-corrected chi connectivity index (χ0v) is 27.9. The predicted molar refractivity (Wildman–Crippen MR) is 187 cm³/mol. The van der Waals surface area contributed by atoms with E-state index in [0.717, 1.165) is 0 Å². The summed E-state index contributed by atoms with van der Waals surface area (Å²) in [7, 11) is -13.1. The van der Waals surface area contributed by atoms with Crippen molar-refractivity contribution < 1.29 is 43.9 Å². The maximum absolute atomic E-state index is 13.7. The first-order valence-electron chi connectivity index (χ1n) is 14.4. The molecule has 6 aromatic rings. The van der Waals surface area contributed by atoms with Gasteiger partial charge in [0.15, 0.2) is 0 Å². The molecule has 0 aliphatic carbocycles. The highest BCUT2D eigenvalue weighted by Gasteiger charge is 2.20. The molecular weight excluding hydrogens is 707 g/mol. The predicted octanol–water partition coefficient (Wildman–Crippen LogP) is 5.79. The first-order valence-corrected chi connectivity index (χ1v) is 18.8. The third-order valence-corrected chi connectivity index (χ3v) is 10.7. The minimum Gasteiger partial charge on any atom is -0.321 e. The molecule has 5 N–H and O–H groups in total. The molecular formula is C34H25N3O10S3. The van der Waals surface area contributed by atoms with Gasteiger partial charge in [-0.15, -0.1) is 0 Å². The normalized spacial score (nSPS) is 12.0. The number of hydrogen-bond donors (Lipinski definition) is 5. The fourth-order valence-corrected chi connectivity index (χ4v) is 7.31. The number of amides is 2. The first kappa shape index (κ1) is 34.2. The lowest BCUT2D eigenvalue weighted by molar-refractivity contribution is 0.102. The second-order valence-corrected chi connectivity index (χ2v) is 15.5. The van der Waals surface area contributed by atoms with Gasteiger partial charge < -0.3 is 10.6 Å². The minimum atomic E-state index is -4.48. The van der Waals surface area contributed by atoms with Crippen molar-refractivity contribution in [3.63, 3.8) is 0 Å². The summed E-state index contributed by atoms with van der Waals surface area (Å²) in [6.45, 7) is 0. The molecule has 0 saturated heterocycles. The molecule has 0 fully saturated rings. The number of fused-ring (bicyclic) bond motifs is 2. The Morgan fingerprint density at radius 2 is 0.940 bits per heavy atom. The van der Waals surface area contributed by atoms with Crippen LogP contribution >= 0.6 is 0 Å². The Bertz CT molecular complexity index is 2540. The van der Waals surface area contributed by atoms with Gasteiger partial charge in [0, 0.05) is 33.3 Å². The van der Waals surface area contributed by atoms with Crippen LogP contribution in [0, 0.1) is 0 Å². The Morgan fingerprint density at radius 3 is 1.38 bits per heavy atom. The van der Waals surface area contributed by atoms with Gasteiger partial charge in [-0.2, -0.15) is 16.8 Å². The van der Waals surface area contributed by atoms with Crippen molar-refractivity contribution in [2.75, 3.05) is 15.4 Å². The standard InChI is InChI=1S/C34H25N3O10S3/c38-33(35-31-10-4-6-21-19-27(49(42,43)44)12-14-29(21)31)23-16-24(18-25(17-23)37-48(40,41)26-8-2-1-3-9-26)34(39)36-32-11-5-7-22-20-28(50(45,46)47)13-15-30(22)32/h1-20,37H,(H,35,38)(H,36,39)(H,42,43,44)(H,45,46,47). The molecule has 16 heteroatoms. The van der Waals surface area contributed by atoms with Crippen molar-refractivity contribution in [3.05, 3.63) is 132 Å². The van der Waals surface area contributed by atoms with Crippen LogP contribution in [-0.2, 0) is 30.3 Å². The first-order chi connectivity index (χ1) is 23.6. The zero-order valence-electron chi connectivity index (χ0n) is 25.4. The molecule has 6 aromatic carbocycles. The van der Waals surface area contributed by atoms with Gasteiger partial charge in [0.2, 0.25) is 0 Å². The monoisotopic (exact) mass is 731 g/mol. The van der Waals surface area contributed by atoms with E-state index in [9.17, 15) is 43.9 Å². The quantitative estimate of drug-likeness (QED) is 0.113. The summed E-state index contributed by atoms with van der Waals surface area (Å²) in [6.07, 6.45) is 0. The lowest BCUT2D eigenvalue weighted by atomic mass is 10.1. The molecule has 0 spiro atoms. The van der Waals surface area contributed by atoms with Crippen LogP contribution in [0.5, 0.6) is 0 Å². The summed E-state index contributed by atoms with van der Waals surface area (Å²) in [4.78, 5) is 26.6. The second-order valence-electron chi connectivity index (χ2n) is 11.0. The van der Waals surface area contributed by atoms with E-state index >= 15 is 0 Å². The molecule has 6 rings (SSSR count). The highest BCUT2D eigenvalue weighted by Crippen LogP contribution is 2.29. The lowest BCUT2D eigenvalue weighted by Crippen LogP contribution is -2.18. The molecule has 50 heavy (non-hydrogen) atoms. The van der Waals surface area contributed by atoms with E-state index in [4.69, 9.17) is 0 Å². The van der Waals surface area contributed by atoms with Crippen LogP contribution in [0.3, 0.4) is 0 Å². The molecule has 0 saturated carbocycles. The minimum absolute atomic E-state index is 0.0686. The van der Waals surface area contributed by atoms with Crippen LogP contribution in [0.4, 0.5) is 17.1 Å². The fourth-order valence-electron chi connectivity index (χ4n) is 5.21. The Morgan fingerprint density at radius 1 is 0.480 bits per heavy atom. The van der Waals surface area contributed by atoms with Crippen LogP contribution in [0.2, 0.25) is 0 Å². The van der Waals surface area contributed by atoms with Crippen LogP contribution in [0.15, 0.2) is 136 Å². The lowest BCUT2D eigenvalue weighted by Gasteiger charge is -2.14. The van der Waals surface area contributed by atoms with Gasteiger partial charge in [-0.3, -0.25) is 23.4 Å². The number of sulfonamides is 1. The maximum atomic E-state index is 13.7. The molecule has 0 bridgehead atoms. The maximum Gasteiger partial charge on any atom is 0.294 e. The number of nitrogens with one attached hydrogen (secondary N) is 3. The zero-order chi connectivity index (χ0) is 35.8. The largest absolute Gasteiger partial charge is 0.321 e. The molecule has 0 aromatic heterocycles. The Labute approximate surface area is 286 Å². The van der Waals surface area contributed by atoms with E-state index in [2.05, 4.69) is 15.4 Å². The summed E-state index contributed by atoms with van der Waals surface area (Å²) in [6, 6.07) is 28.2. The molecule has 254 valence electrons. The third-order valence-electron chi connectivity index (χ3n) is 7.56. The average Bonchev–Trinajstić information content (AvgIpc) is 3.07. The highest BCUT2D eigenvalue weighted by atomic mass is 32.2. The molecule has 0 unspecified atom stereocenters. The summed E-state index contributed by atoms with van der Waals surface area (Å²) in [5.74, 6) is -1.48. The van der Waals surface area contributed by atoms with Gasteiger partial charge >= 0.3 is 0 Å². The Balaban J connectivity index is 1.38. The van der Waals surface area contributed by atoms with Crippen molar-refractivity contribution in [3.8, 4) is 0 Å². The topological polar surface area (TPSA) is 213 Å². The fraction of sp³-hybridized carbons (Fsp3) is 0. The van der Waals surface area contributed by atoms with E-state index in [1.807, 2.05) is 0 Å². The van der Waals surface area contributed by atoms with E-state index < -0.39 is 42.1 Å². The number of hydrogen-bond acceptors (Lipinski definition) is 8. The van der Waals surface area contributed by atoms with Crippen molar-refractivity contribution in [2.24, 2.45) is 0 Å². The van der Waals surface area contributed by atoms with Crippen LogP contribution in [0.25, 0.3) is 21.5 Å². The van der Waals surface area contributed by atoms with Gasteiger partial charge in [0.05, 0.1) is 20.4 Å². The van der Waals surface area contributed by atoms with Gasteiger partial charge in [0.1, 0.15) is 0 Å². The van der Waals surface area contributed by atoms with E-state index in [1.54, 1.807) is 42.5 Å². The van der Waals surface area contributed by atoms with Gasteiger partial charge in [0.25, 0.3) is 42.1 Å². The average molecular weight is 732 g/mol. The highest BCUT2D eigenvalue weighted by molar-refractivity contribution is 7.92. The van der Waals surface area contributed by atoms with E-state index in [1.165, 1.54) is 78.9 Å². The molecule has 0 radical (unpaired) electrons. The molecule has 0 aliphatic rings. The number of carbonyl (C=O) groups is 2. The van der Waals surface area contributed by atoms with Gasteiger partial charge in [-0.25, -0.2) is 8.42 Å². The number of anilines is 3. The SMILES string of the molecule is O=C(Nc1cccc2cc(S(=O)(=O)O)ccc12)c1cc(NS(=O)(=O)c2ccccc2)cc(C(=O)Nc2cccc3cc(S(=O)(=O)O)ccc23)c1. The van der Waals surface area contributed by atoms with Crippen LogP contribution in [0.1, 0.15) is 20.7 Å². The summed E-state index contributed by atoms with van der Waals surface area (Å²) in [5.41, 5.74) is 0.167. The summed E-state index contributed by atoms with van der Waals surface area (Å²) < 4.78 is 94.2. The second kappa shape index (κ2) is 13.0. The summed E-state index contributed by atoms with van der Waals surface area (Å²) in [5, 5.41) is 7.06. The number of carbonyl (C=O) groups excluding carboxylic acids is 2. The third kappa shape index (κ3) is 7.34. The summed E-state index contributed by atoms with van der Waals surface area (Å²) >= 11 is 0. The number of rotatable bonds is 9. The molecule has 13 nitrogen and oxygen atoms in total. The van der Waals surface area contributed by atoms with Crippen molar-refractivity contribution >= 4 is 80.7 Å². The van der Waals surface area contributed by atoms with Crippen LogP contribution < -0.4 is 15.4 Å². The molecule has 0 heterocycles. The van der Waals surface area contributed by atoms with Crippen molar-refractivity contribution in [1.29, 1.82) is 0 Å². The van der Waals surface area contributed by atoms with E-state index in [0.29, 0.717) is 21.5 Å². The molecule has 0 aliphatic heterocycles.